The molecule has 4 rings (SSSR count). The highest BCUT2D eigenvalue weighted by molar-refractivity contribution is 7.89. The lowest BCUT2D eigenvalue weighted by molar-refractivity contribution is -0.138. The van der Waals surface area contributed by atoms with E-state index in [-0.39, 0.29) is 36.0 Å². The number of benzene rings is 1. The summed E-state index contributed by atoms with van der Waals surface area (Å²) in [6, 6.07) is 4.80. The lowest BCUT2D eigenvalue weighted by Gasteiger charge is -2.33. The molecule has 2 atom stereocenters. The second kappa shape index (κ2) is 11.0. The van der Waals surface area contributed by atoms with Crippen LogP contribution in [0.15, 0.2) is 39.8 Å². The van der Waals surface area contributed by atoms with Gasteiger partial charge in [0.1, 0.15) is 11.6 Å². The fourth-order valence-electron chi connectivity index (χ4n) is 5.02. The van der Waals surface area contributed by atoms with Crippen LogP contribution in [0.5, 0.6) is 0 Å². The average molecular weight is 537 g/mol. The van der Waals surface area contributed by atoms with Crippen LogP contribution in [0.1, 0.15) is 54.8 Å². The third-order valence-electron chi connectivity index (χ3n) is 6.83. The molecule has 0 spiro atoms. The van der Waals surface area contributed by atoms with E-state index in [1.54, 1.807) is 6.92 Å². The number of rotatable bonds is 8. The van der Waals surface area contributed by atoms with Crippen molar-refractivity contribution in [2.45, 2.75) is 62.6 Å². The Bertz CT molecular complexity index is 1260. The zero-order valence-corrected chi connectivity index (χ0v) is 21.1. The van der Waals surface area contributed by atoms with Crippen molar-refractivity contribution >= 4 is 27.8 Å². The molecular formula is C24H29FN4O7S. The number of halogens is 1. The molecule has 2 aliphatic rings. The van der Waals surface area contributed by atoms with Gasteiger partial charge in [-0.3, -0.25) is 14.4 Å². The highest BCUT2D eigenvalue weighted by Crippen LogP contribution is 2.30. The molecule has 1 aromatic heterocycles. The number of hydrogen-bond acceptors (Lipinski definition) is 7. The molecule has 1 saturated carbocycles. The van der Waals surface area contributed by atoms with Crippen molar-refractivity contribution in [2.24, 2.45) is 5.92 Å². The fraction of sp³-hybridized carbons (Fsp3) is 0.500. The number of carboxylic acid groups (broad SMARTS) is 1. The van der Waals surface area contributed by atoms with E-state index >= 15 is 0 Å². The molecule has 1 aromatic carbocycles. The SMILES string of the molecule is Cc1cc(C(=O)N2CCN(S(=O)(=O)c3ccc(F)cc3)C2C(=O)NC(CC(=O)O)C2CCCCC2)no1. The number of nitrogens with zero attached hydrogens (tertiary/aromatic N) is 3. The van der Waals surface area contributed by atoms with Crippen LogP contribution in [-0.2, 0) is 19.6 Å². The molecule has 37 heavy (non-hydrogen) atoms. The zero-order chi connectivity index (χ0) is 26.7. The largest absolute Gasteiger partial charge is 0.481 e. The summed E-state index contributed by atoms with van der Waals surface area (Å²) in [7, 11) is -4.32. The van der Waals surface area contributed by atoms with Crippen LogP contribution >= 0.6 is 0 Å². The minimum atomic E-state index is -4.32. The molecule has 2 fully saturated rings. The van der Waals surface area contributed by atoms with Gasteiger partial charge in [-0.25, -0.2) is 12.8 Å². The predicted octanol–water partition coefficient (Wildman–Crippen LogP) is 2.13. The van der Waals surface area contributed by atoms with E-state index in [0.717, 1.165) is 65.6 Å². The standard InChI is InChI=1S/C24H29FN4O7S/c1-15-13-20(27-36-15)24(33)28-11-12-29(37(34,35)18-9-7-17(25)8-10-18)23(28)22(32)26-19(14-21(30)31)16-5-3-2-4-6-16/h7-10,13,16,19,23H,2-6,11-12,14H2,1H3,(H,26,32)(H,30,31). The molecule has 2 amide bonds. The first-order valence-corrected chi connectivity index (χ1v) is 13.6. The number of carbonyl (C=O) groups is 3. The summed E-state index contributed by atoms with van der Waals surface area (Å²) in [5.74, 6) is -2.96. The van der Waals surface area contributed by atoms with Gasteiger partial charge in [-0.1, -0.05) is 24.4 Å². The van der Waals surface area contributed by atoms with E-state index in [2.05, 4.69) is 10.5 Å². The van der Waals surface area contributed by atoms with Gasteiger partial charge in [0, 0.05) is 25.2 Å². The van der Waals surface area contributed by atoms with Gasteiger partial charge in [0.25, 0.3) is 11.8 Å². The number of carboxylic acids is 1. The maximum atomic E-state index is 13.7. The van der Waals surface area contributed by atoms with Crippen molar-refractivity contribution in [1.82, 2.24) is 19.7 Å². The number of amides is 2. The predicted molar refractivity (Wildman–Crippen MR) is 127 cm³/mol. The Morgan fingerprint density at radius 1 is 1.16 bits per heavy atom. The minimum absolute atomic E-state index is 0.0836. The molecule has 2 N–H and O–H groups in total. The highest BCUT2D eigenvalue weighted by Gasteiger charge is 2.48. The maximum Gasteiger partial charge on any atom is 0.305 e. The van der Waals surface area contributed by atoms with Crippen molar-refractivity contribution in [3.05, 3.63) is 47.6 Å². The van der Waals surface area contributed by atoms with Gasteiger partial charge in [0.15, 0.2) is 11.9 Å². The average Bonchev–Trinajstić information content (AvgIpc) is 3.51. The maximum absolute atomic E-state index is 13.7. The Kier molecular flexibility index (Phi) is 7.93. The normalized spacial score (nSPS) is 20.1. The van der Waals surface area contributed by atoms with Crippen molar-refractivity contribution < 1.29 is 36.8 Å². The first-order valence-electron chi connectivity index (χ1n) is 12.1. The van der Waals surface area contributed by atoms with Crippen LogP contribution in [0.25, 0.3) is 0 Å². The topological polar surface area (TPSA) is 150 Å². The Labute approximate surface area is 213 Å². The van der Waals surface area contributed by atoms with Crippen molar-refractivity contribution in [2.75, 3.05) is 13.1 Å². The second-order valence-electron chi connectivity index (χ2n) is 9.38. The van der Waals surface area contributed by atoms with Crippen LogP contribution in [0.4, 0.5) is 4.39 Å². The van der Waals surface area contributed by atoms with Gasteiger partial charge in [-0.2, -0.15) is 4.31 Å². The molecule has 1 saturated heterocycles. The molecule has 13 heteroatoms. The summed E-state index contributed by atoms with van der Waals surface area (Å²) >= 11 is 0. The number of aromatic nitrogens is 1. The van der Waals surface area contributed by atoms with Gasteiger partial charge >= 0.3 is 5.97 Å². The van der Waals surface area contributed by atoms with E-state index < -0.39 is 45.8 Å². The third-order valence-corrected chi connectivity index (χ3v) is 8.70. The number of aryl methyl sites for hydroxylation is 1. The van der Waals surface area contributed by atoms with Crippen LogP contribution in [0.2, 0.25) is 0 Å². The van der Waals surface area contributed by atoms with Crippen molar-refractivity contribution in [1.29, 1.82) is 0 Å². The lowest BCUT2D eigenvalue weighted by Crippen LogP contribution is -2.56. The Morgan fingerprint density at radius 2 is 1.84 bits per heavy atom. The van der Waals surface area contributed by atoms with E-state index in [0.29, 0.717) is 5.76 Å². The van der Waals surface area contributed by atoms with Crippen molar-refractivity contribution in [3.8, 4) is 0 Å². The molecule has 2 unspecified atom stereocenters. The quantitative estimate of drug-likeness (QED) is 0.521. The lowest BCUT2D eigenvalue weighted by atomic mass is 9.82. The Morgan fingerprint density at radius 3 is 2.43 bits per heavy atom. The second-order valence-corrected chi connectivity index (χ2v) is 11.3. The first-order chi connectivity index (χ1) is 17.6. The summed E-state index contributed by atoms with van der Waals surface area (Å²) in [6.45, 7) is 1.27. The minimum Gasteiger partial charge on any atom is -0.481 e. The number of sulfonamides is 1. The first kappa shape index (κ1) is 26.7. The summed E-state index contributed by atoms with van der Waals surface area (Å²) in [4.78, 5) is 39.3. The van der Waals surface area contributed by atoms with Crippen molar-refractivity contribution in [3.63, 3.8) is 0 Å². The van der Waals surface area contributed by atoms with Gasteiger partial charge in [0.05, 0.1) is 11.3 Å². The van der Waals surface area contributed by atoms with Gasteiger partial charge < -0.3 is 19.8 Å². The van der Waals surface area contributed by atoms with Crippen LogP contribution in [0.3, 0.4) is 0 Å². The highest BCUT2D eigenvalue weighted by atomic mass is 32.2. The molecular weight excluding hydrogens is 507 g/mol. The molecule has 2 aromatic rings. The van der Waals surface area contributed by atoms with Crippen LogP contribution in [0, 0.1) is 18.7 Å². The van der Waals surface area contributed by atoms with Crippen LogP contribution < -0.4 is 5.32 Å². The summed E-state index contributed by atoms with van der Waals surface area (Å²) in [6.07, 6.45) is 2.38. The molecule has 2 heterocycles. The number of carbonyl (C=O) groups excluding carboxylic acids is 2. The Hall–Kier alpha value is -3.32. The van der Waals surface area contributed by atoms with Crippen LogP contribution in [-0.4, -0.2) is 71.0 Å². The fourth-order valence-corrected chi connectivity index (χ4v) is 6.56. The van der Waals surface area contributed by atoms with Gasteiger partial charge in [-0.15, -0.1) is 0 Å². The molecule has 1 aliphatic heterocycles. The number of hydrogen-bond donors (Lipinski definition) is 2. The monoisotopic (exact) mass is 536 g/mol. The molecule has 1 aliphatic carbocycles. The number of aliphatic carboxylic acids is 1. The number of nitrogens with one attached hydrogen (secondary N) is 1. The summed E-state index contributed by atoms with van der Waals surface area (Å²) < 4.78 is 46.3. The molecule has 0 bridgehead atoms. The van der Waals surface area contributed by atoms with E-state index in [4.69, 9.17) is 4.52 Å². The van der Waals surface area contributed by atoms with Gasteiger partial charge in [0.2, 0.25) is 10.0 Å². The smallest absolute Gasteiger partial charge is 0.305 e. The summed E-state index contributed by atoms with van der Waals surface area (Å²) in [5, 5.41) is 15.9. The Balaban J connectivity index is 1.67. The molecule has 0 radical (unpaired) electrons. The van der Waals surface area contributed by atoms with Gasteiger partial charge in [-0.05, 0) is 49.9 Å². The van der Waals surface area contributed by atoms with E-state index in [9.17, 15) is 32.3 Å². The van der Waals surface area contributed by atoms with E-state index in [1.807, 2.05) is 0 Å². The molecule has 11 nitrogen and oxygen atoms in total. The van der Waals surface area contributed by atoms with E-state index in [1.165, 1.54) is 6.07 Å². The zero-order valence-electron chi connectivity index (χ0n) is 20.3. The third kappa shape index (κ3) is 5.82. The molecule has 200 valence electrons. The summed E-state index contributed by atoms with van der Waals surface area (Å²) in [5.41, 5.74) is -0.0919.